The predicted molar refractivity (Wildman–Crippen MR) is 61.0 cm³/mol. The van der Waals surface area contributed by atoms with Gasteiger partial charge in [0.2, 0.25) is 9.84 Å². The number of ether oxygens (including phenoxy) is 1. The molecule has 1 fully saturated rings. The topological polar surface area (TPSA) is 55.4 Å². The Balaban J connectivity index is 2.30. The van der Waals surface area contributed by atoms with Gasteiger partial charge in [0, 0.05) is 13.1 Å². The Bertz CT molecular complexity index is 464. The first-order valence-corrected chi connectivity index (χ1v) is 6.78. The molecule has 4 nitrogen and oxygen atoms in total. The molecule has 1 N–H and O–H groups in total. The zero-order valence-corrected chi connectivity index (χ0v) is 9.96. The summed E-state index contributed by atoms with van der Waals surface area (Å²) in [6, 6.07) is 6.91. The summed E-state index contributed by atoms with van der Waals surface area (Å²) in [6.45, 7) is 3.38. The molecule has 0 saturated carbocycles. The predicted octanol–water partition coefficient (Wildman–Crippen LogP) is 0.715. The van der Waals surface area contributed by atoms with Gasteiger partial charge in [-0.05, 0) is 24.6 Å². The molecule has 1 aromatic rings. The number of hydrogen-bond donors (Lipinski definition) is 1. The fourth-order valence-corrected chi connectivity index (χ4v) is 3.22. The van der Waals surface area contributed by atoms with Gasteiger partial charge in [-0.2, -0.15) is 0 Å². The summed E-state index contributed by atoms with van der Waals surface area (Å²) in [7, 11) is -3.37. The Morgan fingerprint density at radius 2 is 2.25 bits per heavy atom. The van der Waals surface area contributed by atoms with Crippen LogP contribution in [0.1, 0.15) is 5.56 Å². The molecule has 1 atom stereocenters. The minimum absolute atomic E-state index is 0.334. The van der Waals surface area contributed by atoms with E-state index in [1.54, 1.807) is 18.2 Å². The van der Waals surface area contributed by atoms with Gasteiger partial charge in [0.05, 0.1) is 11.5 Å². The van der Waals surface area contributed by atoms with E-state index >= 15 is 0 Å². The van der Waals surface area contributed by atoms with E-state index in [1.807, 2.05) is 13.0 Å². The molecule has 1 saturated heterocycles. The normalized spacial score (nSPS) is 21.9. The molecule has 88 valence electrons. The summed E-state index contributed by atoms with van der Waals surface area (Å²) in [6.07, 6.45) is 0. The van der Waals surface area contributed by atoms with E-state index in [0.29, 0.717) is 24.6 Å². The molecule has 2 rings (SSSR count). The lowest BCUT2D eigenvalue weighted by Gasteiger charge is -2.23. The summed E-state index contributed by atoms with van der Waals surface area (Å²) in [4.78, 5) is 0.334. The molecule has 1 aliphatic heterocycles. The van der Waals surface area contributed by atoms with Crippen LogP contribution in [0.4, 0.5) is 0 Å². The average molecular weight is 241 g/mol. The van der Waals surface area contributed by atoms with Gasteiger partial charge in [-0.3, -0.25) is 0 Å². The van der Waals surface area contributed by atoms with Crippen molar-refractivity contribution >= 4 is 9.84 Å². The standard InChI is InChI=1S/C11H15NO3S/c1-9-3-2-4-10(7-9)16(13,14)11-8-12-5-6-15-11/h2-4,7,11-12H,5-6,8H2,1H3. The third kappa shape index (κ3) is 2.26. The van der Waals surface area contributed by atoms with Crippen molar-refractivity contribution in [2.45, 2.75) is 17.3 Å². The van der Waals surface area contributed by atoms with Crippen molar-refractivity contribution in [1.29, 1.82) is 0 Å². The maximum Gasteiger partial charge on any atom is 0.206 e. The molecule has 0 bridgehead atoms. The smallest absolute Gasteiger partial charge is 0.206 e. The Morgan fingerprint density at radius 3 is 2.88 bits per heavy atom. The van der Waals surface area contributed by atoms with Crippen LogP contribution in [-0.4, -0.2) is 33.6 Å². The van der Waals surface area contributed by atoms with Gasteiger partial charge in [-0.15, -0.1) is 0 Å². The van der Waals surface area contributed by atoms with Crippen molar-refractivity contribution in [3.8, 4) is 0 Å². The molecular weight excluding hydrogens is 226 g/mol. The van der Waals surface area contributed by atoms with E-state index in [1.165, 1.54) is 0 Å². The number of sulfone groups is 1. The molecule has 0 aromatic heterocycles. The van der Waals surface area contributed by atoms with E-state index in [4.69, 9.17) is 4.74 Å². The lowest BCUT2D eigenvalue weighted by atomic mass is 10.2. The van der Waals surface area contributed by atoms with Crippen molar-refractivity contribution in [2.24, 2.45) is 0 Å². The summed E-state index contributed by atoms with van der Waals surface area (Å²) < 4.78 is 29.6. The average Bonchev–Trinajstić information content (AvgIpc) is 2.30. The Kier molecular flexibility index (Phi) is 3.28. The molecule has 0 radical (unpaired) electrons. The van der Waals surface area contributed by atoms with Gasteiger partial charge in [0.15, 0.2) is 5.44 Å². The number of morpholine rings is 1. The first-order chi connectivity index (χ1) is 7.60. The van der Waals surface area contributed by atoms with Gasteiger partial charge in [-0.25, -0.2) is 8.42 Å². The van der Waals surface area contributed by atoms with Crippen LogP contribution in [-0.2, 0) is 14.6 Å². The molecule has 1 aliphatic rings. The lowest BCUT2D eigenvalue weighted by Crippen LogP contribution is -2.43. The highest BCUT2D eigenvalue weighted by Crippen LogP contribution is 2.18. The summed E-state index contributed by atoms with van der Waals surface area (Å²) in [5.41, 5.74) is 0.174. The summed E-state index contributed by atoms with van der Waals surface area (Å²) in [5.74, 6) is 0. The number of nitrogens with one attached hydrogen (secondary N) is 1. The number of hydrogen-bond acceptors (Lipinski definition) is 4. The first-order valence-electron chi connectivity index (χ1n) is 5.23. The van der Waals surface area contributed by atoms with Gasteiger partial charge >= 0.3 is 0 Å². The van der Waals surface area contributed by atoms with E-state index in [2.05, 4.69) is 5.32 Å². The van der Waals surface area contributed by atoms with E-state index in [0.717, 1.165) is 5.56 Å². The van der Waals surface area contributed by atoms with Crippen LogP contribution in [0.2, 0.25) is 0 Å². The molecule has 1 heterocycles. The van der Waals surface area contributed by atoms with E-state index < -0.39 is 15.3 Å². The molecule has 0 amide bonds. The SMILES string of the molecule is Cc1cccc(S(=O)(=O)C2CNCCO2)c1. The van der Waals surface area contributed by atoms with Crippen LogP contribution in [0.25, 0.3) is 0 Å². The molecule has 0 aliphatic carbocycles. The first kappa shape index (κ1) is 11.6. The van der Waals surface area contributed by atoms with Gasteiger partial charge in [-0.1, -0.05) is 12.1 Å². The largest absolute Gasteiger partial charge is 0.359 e. The highest BCUT2D eigenvalue weighted by molar-refractivity contribution is 7.92. The quantitative estimate of drug-likeness (QED) is 0.828. The van der Waals surface area contributed by atoms with Gasteiger partial charge in [0.1, 0.15) is 0 Å². The highest BCUT2D eigenvalue weighted by Gasteiger charge is 2.29. The molecule has 16 heavy (non-hydrogen) atoms. The van der Waals surface area contributed by atoms with Crippen LogP contribution in [0, 0.1) is 6.92 Å². The second-order valence-electron chi connectivity index (χ2n) is 3.87. The summed E-state index contributed by atoms with van der Waals surface area (Å²) >= 11 is 0. The van der Waals surface area contributed by atoms with E-state index in [9.17, 15) is 8.42 Å². The third-order valence-electron chi connectivity index (χ3n) is 2.56. The molecular formula is C11H15NO3S. The van der Waals surface area contributed by atoms with Crippen molar-refractivity contribution < 1.29 is 13.2 Å². The Hall–Kier alpha value is -0.910. The van der Waals surface area contributed by atoms with Gasteiger partial charge in [0.25, 0.3) is 0 Å². The minimum atomic E-state index is -3.37. The third-order valence-corrected chi connectivity index (χ3v) is 4.46. The van der Waals surface area contributed by atoms with Crippen LogP contribution in [0.3, 0.4) is 0 Å². The Labute approximate surface area is 95.5 Å². The van der Waals surface area contributed by atoms with Crippen LogP contribution in [0.15, 0.2) is 29.2 Å². The lowest BCUT2D eigenvalue weighted by molar-refractivity contribution is 0.0785. The Morgan fingerprint density at radius 1 is 1.44 bits per heavy atom. The number of rotatable bonds is 2. The van der Waals surface area contributed by atoms with Crippen molar-refractivity contribution in [1.82, 2.24) is 5.32 Å². The van der Waals surface area contributed by atoms with Crippen LogP contribution >= 0.6 is 0 Å². The summed E-state index contributed by atoms with van der Waals surface area (Å²) in [5, 5.41) is 3.02. The molecule has 0 spiro atoms. The fraction of sp³-hybridized carbons (Fsp3) is 0.455. The maximum absolute atomic E-state index is 12.2. The van der Waals surface area contributed by atoms with Crippen LogP contribution < -0.4 is 5.32 Å². The van der Waals surface area contributed by atoms with Crippen molar-refractivity contribution in [2.75, 3.05) is 19.7 Å². The zero-order chi connectivity index (χ0) is 11.6. The molecule has 1 unspecified atom stereocenters. The maximum atomic E-state index is 12.2. The second-order valence-corrected chi connectivity index (χ2v) is 5.95. The minimum Gasteiger partial charge on any atom is -0.359 e. The van der Waals surface area contributed by atoms with Gasteiger partial charge < -0.3 is 10.1 Å². The highest BCUT2D eigenvalue weighted by atomic mass is 32.2. The monoisotopic (exact) mass is 241 g/mol. The molecule has 1 aromatic carbocycles. The van der Waals surface area contributed by atoms with E-state index in [-0.39, 0.29) is 0 Å². The van der Waals surface area contributed by atoms with Crippen molar-refractivity contribution in [3.05, 3.63) is 29.8 Å². The zero-order valence-electron chi connectivity index (χ0n) is 9.14. The second kappa shape index (κ2) is 4.53. The van der Waals surface area contributed by atoms with Crippen molar-refractivity contribution in [3.63, 3.8) is 0 Å². The number of benzene rings is 1. The molecule has 5 heteroatoms. The fourth-order valence-electron chi connectivity index (χ4n) is 1.68. The number of aryl methyl sites for hydroxylation is 1. The van der Waals surface area contributed by atoms with Crippen LogP contribution in [0.5, 0.6) is 0 Å².